The number of hydrogen-bond acceptors (Lipinski definition) is 8. The monoisotopic (exact) mass is 728 g/mol. The molecule has 1 atom stereocenters. The molecular formula is C30H29F9N4O7. The average Bonchev–Trinajstić information content (AvgIpc) is 3.57. The van der Waals surface area contributed by atoms with E-state index in [9.17, 15) is 39.5 Å². The number of carbonyl (C=O) groups is 3. The van der Waals surface area contributed by atoms with E-state index in [1.807, 2.05) is 30.6 Å². The van der Waals surface area contributed by atoms with E-state index in [4.69, 9.17) is 39.4 Å². The van der Waals surface area contributed by atoms with Gasteiger partial charge >= 0.3 is 36.4 Å². The number of hydrogen-bond donors (Lipinski definition) is 3. The van der Waals surface area contributed by atoms with Crippen LogP contribution in [0.15, 0.2) is 67.0 Å². The highest BCUT2D eigenvalue weighted by molar-refractivity contribution is 5.73. The topological polar surface area (TPSA) is 153 Å². The van der Waals surface area contributed by atoms with Gasteiger partial charge in [0.1, 0.15) is 5.75 Å². The summed E-state index contributed by atoms with van der Waals surface area (Å²) in [5, 5.41) is 21.4. The fraction of sp³-hybridized carbons (Fsp3) is 0.367. The summed E-state index contributed by atoms with van der Waals surface area (Å²) in [6, 6.07) is 18.8. The zero-order valence-corrected chi connectivity index (χ0v) is 25.8. The lowest BCUT2D eigenvalue weighted by atomic mass is 9.85. The Morgan fingerprint density at radius 2 is 1.32 bits per heavy atom. The summed E-state index contributed by atoms with van der Waals surface area (Å²) in [6.07, 6.45) is -10.3. The van der Waals surface area contributed by atoms with Crippen molar-refractivity contribution in [2.75, 3.05) is 31.6 Å². The molecule has 1 saturated heterocycles. The molecule has 50 heavy (non-hydrogen) atoms. The fourth-order valence-electron chi connectivity index (χ4n) is 4.86. The van der Waals surface area contributed by atoms with E-state index < -0.39 is 36.4 Å². The summed E-state index contributed by atoms with van der Waals surface area (Å²) in [5.74, 6) is -7.35. The van der Waals surface area contributed by atoms with E-state index in [1.54, 1.807) is 7.11 Å². The van der Waals surface area contributed by atoms with Crippen LogP contribution in [0.3, 0.4) is 0 Å². The first-order valence-electron chi connectivity index (χ1n) is 13.9. The van der Waals surface area contributed by atoms with Crippen LogP contribution in [0.1, 0.15) is 23.4 Å². The van der Waals surface area contributed by atoms with Gasteiger partial charge in [-0.05, 0) is 54.9 Å². The van der Waals surface area contributed by atoms with Crippen LogP contribution in [0.25, 0.3) is 0 Å². The number of aromatic nitrogens is 2. The van der Waals surface area contributed by atoms with Gasteiger partial charge in [-0.3, -0.25) is 14.9 Å². The summed E-state index contributed by atoms with van der Waals surface area (Å²) in [6.45, 7) is 4.90. The van der Waals surface area contributed by atoms with Crippen LogP contribution in [-0.2, 0) is 32.9 Å². The van der Waals surface area contributed by atoms with Gasteiger partial charge in [-0.1, -0.05) is 18.2 Å². The molecule has 2 aromatic heterocycles. The highest BCUT2D eigenvalue weighted by Crippen LogP contribution is 2.45. The van der Waals surface area contributed by atoms with Crippen molar-refractivity contribution < 1.29 is 74.0 Å². The van der Waals surface area contributed by atoms with Crippen LogP contribution in [0.2, 0.25) is 0 Å². The Labute approximate surface area is 277 Å². The number of carboxylic acids is 3. The van der Waals surface area contributed by atoms with Crippen molar-refractivity contribution in [3.63, 3.8) is 0 Å². The molecule has 1 fully saturated rings. The largest absolute Gasteiger partial charge is 0.497 e. The molecule has 2 aliphatic rings. The van der Waals surface area contributed by atoms with E-state index in [-0.39, 0.29) is 5.41 Å². The first-order chi connectivity index (χ1) is 23.1. The van der Waals surface area contributed by atoms with Crippen LogP contribution >= 0.6 is 0 Å². The number of ether oxygens (including phenoxy) is 1. The van der Waals surface area contributed by atoms with Gasteiger partial charge in [0.25, 0.3) is 0 Å². The Morgan fingerprint density at radius 1 is 0.760 bits per heavy atom. The number of nitrogens with zero attached hydrogens (tertiary/aromatic N) is 4. The van der Waals surface area contributed by atoms with Gasteiger partial charge in [0.05, 0.1) is 30.7 Å². The molecule has 1 spiro atoms. The van der Waals surface area contributed by atoms with Gasteiger partial charge in [0, 0.05) is 37.4 Å². The molecule has 4 heterocycles. The van der Waals surface area contributed by atoms with Gasteiger partial charge in [0.2, 0.25) is 0 Å². The molecule has 0 saturated carbocycles. The quantitative estimate of drug-likeness (QED) is 0.284. The number of alkyl halides is 9. The summed E-state index contributed by atoms with van der Waals surface area (Å²) in [5.41, 5.74) is 5.02. The zero-order chi connectivity index (χ0) is 37.9. The molecule has 3 aromatic rings. The van der Waals surface area contributed by atoms with Crippen LogP contribution in [-0.4, -0.2) is 93.4 Å². The Balaban J connectivity index is 0.000000338. The normalized spacial score (nSPS) is 16.9. The number of anilines is 1. The predicted molar refractivity (Wildman–Crippen MR) is 155 cm³/mol. The summed E-state index contributed by atoms with van der Waals surface area (Å²) >= 11 is 0. The Morgan fingerprint density at radius 3 is 1.82 bits per heavy atom. The Kier molecular flexibility index (Phi) is 13.9. The molecule has 2 aliphatic heterocycles. The molecule has 274 valence electrons. The molecule has 3 N–H and O–H groups in total. The third-order valence-corrected chi connectivity index (χ3v) is 6.90. The minimum Gasteiger partial charge on any atom is -0.497 e. The third kappa shape index (κ3) is 12.4. The Hall–Kier alpha value is -5.14. The summed E-state index contributed by atoms with van der Waals surface area (Å²) in [7, 11) is 1.72. The first kappa shape index (κ1) is 41.0. The molecule has 1 unspecified atom stereocenters. The number of fused-ring (bicyclic) bond motifs is 2. The maximum Gasteiger partial charge on any atom is 0.490 e. The number of carboxylic acid groups (broad SMARTS) is 3. The minimum absolute atomic E-state index is 0.101. The number of pyridine rings is 2. The van der Waals surface area contributed by atoms with Crippen LogP contribution in [0.5, 0.6) is 5.75 Å². The second kappa shape index (κ2) is 17.0. The van der Waals surface area contributed by atoms with E-state index in [1.165, 1.54) is 16.9 Å². The van der Waals surface area contributed by atoms with Gasteiger partial charge < -0.3 is 25.0 Å². The number of likely N-dealkylation sites (tertiary alicyclic amines) is 1. The molecule has 5 rings (SSSR count). The third-order valence-electron chi connectivity index (χ3n) is 6.90. The number of benzene rings is 1. The molecule has 0 amide bonds. The average molecular weight is 729 g/mol. The summed E-state index contributed by atoms with van der Waals surface area (Å²) in [4.78, 5) is 41.1. The smallest absolute Gasteiger partial charge is 0.490 e. The van der Waals surface area contributed by atoms with E-state index in [2.05, 4.69) is 51.2 Å². The molecule has 11 nitrogen and oxygen atoms in total. The van der Waals surface area contributed by atoms with Crippen LogP contribution in [0.4, 0.5) is 45.2 Å². The van der Waals surface area contributed by atoms with Crippen LogP contribution < -0.4 is 9.64 Å². The standard InChI is InChI=1S/C24H26N4O.3C2HF3O2/c1-29-21-8-4-6-19(14-21)15-27-13-10-24(17-27)18-28(16-20-7-2-3-11-25-20)22-9-5-12-26-23(22)24;3*3-2(4,5)1(6)7/h2-9,11-12,14H,10,13,15-18H2,1H3;3*(H,6,7). The van der Waals surface area contributed by atoms with Crippen molar-refractivity contribution in [2.45, 2.75) is 43.5 Å². The van der Waals surface area contributed by atoms with E-state index in [0.717, 1.165) is 50.6 Å². The van der Waals surface area contributed by atoms with Gasteiger partial charge in [-0.25, -0.2) is 14.4 Å². The number of methoxy groups -OCH3 is 1. The zero-order valence-electron chi connectivity index (χ0n) is 25.8. The SMILES string of the molecule is COc1cccc(CN2CCC3(C2)CN(Cc2ccccn2)c2cccnc23)c1.O=C(O)C(F)(F)F.O=C(O)C(F)(F)F.O=C(O)C(F)(F)F. The second-order valence-corrected chi connectivity index (χ2v) is 10.5. The van der Waals surface area contributed by atoms with Crippen molar-refractivity contribution >= 4 is 23.6 Å². The Bertz CT molecular complexity index is 1530. The van der Waals surface area contributed by atoms with Crippen molar-refractivity contribution in [1.29, 1.82) is 0 Å². The molecule has 20 heteroatoms. The molecular weight excluding hydrogens is 699 g/mol. The molecule has 0 radical (unpaired) electrons. The van der Waals surface area contributed by atoms with Crippen LogP contribution in [0, 0.1) is 0 Å². The fourth-order valence-corrected chi connectivity index (χ4v) is 4.86. The number of halogens is 9. The maximum atomic E-state index is 10.6. The summed E-state index contributed by atoms with van der Waals surface area (Å²) < 4.78 is 101. The van der Waals surface area contributed by atoms with Gasteiger partial charge in [-0.2, -0.15) is 39.5 Å². The highest BCUT2D eigenvalue weighted by atomic mass is 19.4. The molecule has 1 aromatic carbocycles. The first-order valence-corrected chi connectivity index (χ1v) is 13.9. The lowest BCUT2D eigenvalue weighted by Crippen LogP contribution is -2.36. The molecule has 0 bridgehead atoms. The maximum absolute atomic E-state index is 10.6. The lowest BCUT2D eigenvalue weighted by Gasteiger charge is -2.26. The second-order valence-electron chi connectivity index (χ2n) is 10.5. The van der Waals surface area contributed by atoms with Crippen molar-refractivity contribution in [3.05, 3.63) is 83.9 Å². The number of aliphatic carboxylic acids is 3. The van der Waals surface area contributed by atoms with Gasteiger partial charge in [-0.15, -0.1) is 0 Å². The van der Waals surface area contributed by atoms with E-state index in [0.29, 0.717) is 0 Å². The molecule has 0 aliphatic carbocycles. The minimum atomic E-state index is -5.08. The van der Waals surface area contributed by atoms with Crippen molar-refractivity contribution in [3.8, 4) is 5.75 Å². The highest BCUT2D eigenvalue weighted by Gasteiger charge is 2.48. The lowest BCUT2D eigenvalue weighted by molar-refractivity contribution is -0.193. The van der Waals surface area contributed by atoms with E-state index >= 15 is 0 Å². The van der Waals surface area contributed by atoms with Crippen molar-refractivity contribution in [1.82, 2.24) is 14.9 Å². The predicted octanol–water partition coefficient (Wildman–Crippen LogP) is 5.55. The number of rotatable bonds is 5. The van der Waals surface area contributed by atoms with Gasteiger partial charge in [0.15, 0.2) is 0 Å². The van der Waals surface area contributed by atoms with Crippen molar-refractivity contribution in [2.24, 2.45) is 0 Å².